The molecule has 3 rings (SSSR count). The lowest BCUT2D eigenvalue weighted by Gasteiger charge is -2.29. The van der Waals surface area contributed by atoms with Crippen molar-refractivity contribution in [2.24, 2.45) is 0 Å². The van der Waals surface area contributed by atoms with Gasteiger partial charge in [-0.3, -0.25) is 9.59 Å². The van der Waals surface area contributed by atoms with Gasteiger partial charge in [0, 0.05) is 48.3 Å². The van der Waals surface area contributed by atoms with Gasteiger partial charge in [0.2, 0.25) is 0 Å². The standard InChI is InChI=1S/C25H32N4O3S/c1-8-16(4)29(6)21-11-18(22-13-27-25(32-7)33-22)10-19(17(21)5)23(30)26-12-20-14(2)9-15(3)28-24(20)31/h9-11,13,16H,8,12H2,1-7H3,(H,26,30)(H,28,31). The zero-order valence-electron chi connectivity index (χ0n) is 20.3. The summed E-state index contributed by atoms with van der Waals surface area (Å²) in [7, 11) is 3.64. The second-order valence-electron chi connectivity index (χ2n) is 8.36. The van der Waals surface area contributed by atoms with Gasteiger partial charge in [0.25, 0.3) is 16.7 Å². The van der Waals surface area contributed by atoms with Gasteiger partial charge in [0.15, 0.2) is 0 Å². The zero-order valence-corrected chi connectivity index (χ0v) is 21.1. The van der Waals surface area contributed by atoms with E-state index in [1.807, 2.05) is 40.0 Å². The number of thiazole rings is 1. The van der Waals surface area contributed by atoms with Crippen molar-refractivity contribution in [3.8, 4) is 15.6 Å². The maximum absolute atomic E-state index is 13.3. The van der Waals surface area contributed by atoms with Crippen LogP contribution in [0.1, 0.15) is 53.0 Å². The van der Waals surface area contributed by atoms with E-state index >= 15 is 0 Å². The van der Waals surface area contributed by atoms with Crippen molar-refractivity contribution >= 4 is 22.9 Å². The Balaban J connectivity index is 2.01. The molecule has 0 saturated carbocycles. The van der Waals surface area contributed by atoms with E-state index < -0.39 is 0 Å². The Morgan fingerprint density at radius 1 is 1.27 bits per heavy atom. The van der Waals surface area contributed by atoms with E-state index in [1.54, 1.807) is 13.3 Å². The molecule has 0 aliphatic rings. The van der Waals surface area contributed by atoms with Gasteiger partial charge >= 0.3 is 0 Å². The number of aromatic nitrogens is 2. The SMILES string of the molecule is CCC(C)N(C)c1cc(-c2cnc(OC)s2)cc(C(=O)NCc2c(C)cc(C)[nH]c2=O)c1C. The fourth-order valence-electron chi connectivity index (χ4n) is 3.81. The number of hydrogen-bond acceptors (Lipinski definition) is 6. The number of aromatic amines is 1. The smallest absolute Gasteiger partial charge is 0.273 e. The van der Waals surface area contributed by atoms with Gasteiger partial charge in [-0.2, -0.15) is 0 Å². The van der Waals surface area contributed by atoms with Crippen molar-refractivity contribution in [2.45, 2.75) is 53.6 Å². The number of nitrogens with zero attached hydrogens (tertiary/aromatic N) is 2. The molecule has 2 N–H and O–H groups in total. The minimum absolute atomic E-state index is 0.162. The molecule has 1 unspecified atom stereocenters. The van der Waals surface area contributed by atoms with Crippen molar-refractivity contribution in [3.05, 3.63) is 62.7 Å². The molecule has 33 heavy (non-hydrogen) atoms. The Hall–Kier alpha value is -3.13. The Morgan fingerprint density at radius 2 is 2.00 bits per heavy atom. The van der Waals surface area contributed by atoms with Crippen LogP contribution in [0.15, 0.2) is 29.2 Å². The van der Waals surface area contributed by atoms with Crippen LogP contribution in [0.3, 0.4) is 0 Å². The molecule has 3 aromatic rings. The van der Waals surface area contributed by atoms with E-state index in [-0.39, 0.29) is 18.0 Å². The van der Waals surface area contributed by atoms with Crippen molar-refractivity contribution in [1.29, 1.82) is 0 Å². The molecule has 0 aliphatic carbocycles. The Bertz CT molecular complexity index is 1210. The molecular formula is C25H32N4O3S. The number of carbonyl (C=O) groups is 1. The number of H-pyrrole nitrogens is 1. The maximum atomic E-state index is 13.3. The van der Waals surface area contributed by atoms with Crippen LogP contribution < -0.4 is 20.5 Å². The lowest BCUT2D eigenvalue weighted by atomic mass is 9.99. The molecule has 176 valence electrons. The highest BCUT2D eigenvalue weighted by atomic mass is 32.1. The molecule has 7 nitrogen and oxygen atoms in total. The molecule has 0 fully saturated rings. The molecule has 1 aromatic carbocycles. The second kappa shape index (κ2) is 10.2. The predicted octanol–water partition coefficient (Wildman–Crippen LogP) is 4.60. The normalized spacial score (nSPS) is 11.8. The summed E-state index contributed by atoms with van der Waals surface area (Å²) < 4.78 is 5.25. The van der Waals surface area contributed by atoms with Crippen molar-refractivity contribution < 1.29 is 9.53 Å². The molecule has 0 aliphatic heterocycles. The molecule has 0 spiro atoms. The van der Waals surface area contributed by atoms with Crippen LogP contribution >= 0.6 is 11.3 Å². The number of hydrogen-bond donors (Lipinski definition) is 2. The average Bonchev–Trinajstić information content (AvgIpc) is 3.26. The van der Waals surface area contributed by atoms with Crippen LogP contribution in [0.5, 0.6) is 5.19 Å². The van der Waals surface area contributed by atoms with Crippen molar-refractivity contribution in [1.82, 2.24) is 15.3 Å². The van der Waals surface area contributed by atoms with E-state index in [0.29, 0.717) is 22.4 Å². The molecule has 1 amide bonds. The topological polar surface area (TPSA) is 87.3 Å². The third-order valence-electron chi connectivity index (χ3n) is 6.12. The molecule has 0 bridgehead atoms. The lowest BCUT2D eigenvalue weighted by Crippen LogP contribution is -2.31. The third kappa shape index (κ3) is 5.27. The number of amides is 1. The van der Waals surface area contributed by atoms with Crippen LogP contribution in [-0.2, 0) is 6.54 Å². The first-order chi connectivity index (χ1) is 15.7. The Morgan fingerprint density at radius 3 is 2.61 bits per heavy atom. The van der Waals surface area contributed by atoms with E-state index in [9.17, 15) is 9.59 Å². The van der Waals surface area contributed by atoms with E-state index in [0.717, 1.165) is 39.4 Å². The van der Waals surface area contributed by atoms with Gasteiger partial charge in [-0.25, -0.2) is 4.98 Å². The van der Waals surface area contributed by atoms with E-state index in [4.69, 9.17) is 4.74 Å². The van der Waals surface area contributed by atoms with Crippen molar-refractivity contribution in [3.63, 3.8) is 0 Å². The molecule has 2 heterocycles. The van der Waals surface area contributed by atoms with Crippen LogP contribution in [0.25, 0.3) is 10.4 Å². The summed E-state index contributed by atoms with van der Waals surface area (Å²) in [5.74, 6) is -0.219. The second-order valence-corrected chi connectivity index (χ2v) is 9.35. The number of carbonyl (C=O) groups excluding carboxylic acids is 1. The van der Waals surface area contributed by atoms with Gasteiger partial charge in [-0.15, -0.1) is 0 Å². The summed E-state index contributed by atoms with van der Waals surface area (Å²) >= 11 is 1.43. The quantitative estimate of drug-likeness (QED) is 0.505. The van der Waals surface area contributed by atoms with Crippen LogP contribution in [-0.4, -0.2) is 36.1 Å². The molecule has 0 saturated heterocycles. The van der Waals surface area contributed by atoms with Gasteiger partial charge in [-0.1, -0.05) is 18.3 Å². The first-order valence-corrected chi connectivity index (χ1v) is 11.8. The summed E-state index contributed by atoms with van der Waals surface area (Å²) in [6, 6.07) is 6.20. The van der Waals surface area contributed by atoms with Gasteiger partial charge in [0.1, 0.15) is 0 Å². The van der Waals surface area contributed by atoms with Crippen LogP contribution in [0.2, 0.25) is 0 Å². The van der Waals surface area contributed by atoms with Crippen molar-refractivity contribution in [2.75, 3.05) is 19.1 Å². The number of rotatable bonds is 8. The minimum atomic E-state index is -0.219. The summed E-state index contributed by atoms with van der Waals surface area (Å²) in [5.41, 5.74) is 5.41. The number of pyridine rings is 1. The summed E-state index contributed by atoms with van der Waals surface area (Å²) in [4.78, 5) is 35.9. The summed E-state index contributed by atoms with van der Waals surface area (Å²) in [6.45, 7) is 10.2. The number of anilines is 1. The third-order valence-corrected chi connectivity index (χ3v) is 7.13. The minimum Gasteiger partial charge on any atom is -0.473 e. The highest BCUT2D eigenvalue weighted by Crippen LogP contribution is 2.36. The fourth-order valence-corrected chi connectivity index (χ4v) is 4.52. The predicted molar refractivity (Wildman–Crippen MR) is 135 cm³/mol. The molecule has 2 aromatic heterocycles. The monoisotopic (exact) mass is 468 g/mol. The average molecular weight is 469 g/mol. The number of benzene rings is 1. The number of ether oxygens (including phenoxy) is 1. The molecule has 1 atom stereocenters. The Labute approximate surface area is 198 Å². The molecule has 0 radical (unpaired) electrons. The highest BCUT2D eigenvalue weighted by Gasteiger charge is 2.20. The molecular weight excluding hydrogens is 436 g/mol. The first kappa shape index (κ1) is 24.5. The number of methoxy groups -OCH3 is 1. The van der Waals surface area contributed by atoms with Gasteiger partial charge < -0.3 is 19.9 Å². The number of nitrogens with one attached hydrogen (secondary N) is 2. The van der Waals surface area contributed by atoms with Gasteiger partial charge in [0.05, 0.1) is 12.0 Å². The van der Waals surface area contributed by atoms with Gasteiger partial charge in [-0.05, 0) is 69.0 Å². The molecule has 8 heteroatoms. The summed E-state index contributed by atoms with van der Waals surface area (Å²) in [6.07, 6.45) is 2.74. The Kier molecular flexibility index (Phi) is 7.58. The first-order valence-electron chi connectivity index (χ1n) is 11.0. The lowest BCUT2D eigenvalue weighted by molar-refractivity contribution is 0.0950. The zero-order chi connectivity index (χ0) is 24.3. The maximum Gasteiger partial charge on any atom is 0.273 e. The van der Waals surface area contributed by atoms with E-state index in [2.05, 4.69) is 40.1 Å². The fraction of sp³-hybridized carbons (Fsp3) is 0.400. The highest BCUT2D eigenvalue weighted by molar-refractivity contribution is 7.16. The number of aryl methyl sites for hydroxylation is 2. The van der Waals surface area contributed by atoms with Crippen LogP contribution in [0, 0.1) is 20.8 Å². The van der Waals surface area contributed by atoms with Crippen LogP contribution in [0.4, 0.5) is 5.69 Å². The largest absolute Gasteiger partial charge is 0.473 e. The summed E-state index contributed by atoms with van der Waals surface area (Å²) in [5, 5.41) is 3.52. The van der Waals surface area contributed by atoms with E-state index in [1.165, 1.54) is 11.3 Å².